The third-order valence-electron chi connectivity index (χ3n) is 5.67. The molecule has 1 unspecified atom stereocenters. The van der Waals surface area contributed by atoms with Gasteiger partial charge in [-0.3, -0.25) is 4.90 Å². The van der Waals surface area contributed by atoms with Crippen LogP contribution in [0.1, 0.15) is 41.1 Å². The Kier molecular flexibility index (Phi) is 5.62. The second kappa shape index (κ2) is 8.11. The summed E-state index contributed by atoms with van der Waals surface area (Å²) in [5, 5.41) is 7.50. The average molecular weight is 390 g/mol. The van der Waals surface area contributed by atoms with Crippen molar-refractivity contribution in [3.05, 3.63) is 44.3 Å². The van der Waals surface area contributed by atoms with Crippen molar-refractivity contribution < 1.29 is 4.79 Å². The number of nitrogens with zero attached hydrogens (tertiary/aromatic N) is 2. The Morgan fingerprint density at radius 2 is 2.08 bits per heavy atom. The first-order chi connectivity index (χ1) is 12.7. The number of hydrogen-bond acceptors (Lipinski definition) is 4. The van der Waals surface area contributed by atoms with E-state index in [1.165, 1.54) is 28.2 Å². The van der Waals surface area contributed by atoms with E-state index in [9.17, 15) is 4.79 Å². The second-order valence-electron chi connectivity index (χ2n) is 7.48. The van der Waals surface area contributed by atoms with Gasteiger partial charge in [-0.1, -0.05) is 13.0 Å². The van der Waals surface area contributed by atoms with Crippen LogP contribution >= 0.6 is 22.7 Å². The third kappa shape index (κ3) is 3.97. The number of hydrogen-bond donors (Lipinski definition) is 1. The highest BCUT2D eigenvalue weighted by molar-refractivity contribution is 7.10. The molecule has 1 saturated heterocycles. The van der Waals surface area contributed by atoms with Crippen LogP contribution < -0.4 is 5.32 Å². The molecule has 4 rings (SSSR count). The third-order valence-corrected chi connectivity index (χ3v) is 7.67. The fraction of sp³-hybridized carbons (Fsp3) is 0.550. The molecule has 140 valence electrons. The van der Waals surface area contributed by atoms with E-state index >= 15 is 0 Å². The minimum absolute atomic E-state index is 0.0776. The van der Waals surface area contributed by atoms with Crippen LogP contribution in [0.2, 0.25) is 0 Å². The van der Waals surface area contributed by atoms with Gasteiger partial charge in [0.2, 0.25) is 0 Å². The maximum absolute atomic E-state index is 12.7. The lowest BCUT2D eigenvalue weighted by molar-refractivity contribution is 0.134. The maximum Gasteiger partial charge on any atom is 0.317 e. The lowest BCUT2D eigenvalue weighted by Crippen LogP contribution is -2.46. The SMILES string of the molecule is CC1CCN(C(CNC(=O)N2CCc3sccc3C2)c2cccs2)CC1. The molecule has 0 radical (unpaired) electrons. The number of fused-ring (bicyclic) bond motifs is 1. The second-order valence-corrected chi connectivity index (χ2v) is 9.46. The molecule has 1 N–H and O–H groups in total. The molecule has 6 heteroatoms. The van der Waals surface area contributed by atoms with Gasteiger partial charge in [-0.25, -0.2) is 4.79 Å². The summed E-state index contributed by atoms with van der Waals surface area (Å²) in [5.41, 5.74) is 1.32. The predicted molar refractivity (Wildman–Crippen MR) is 109 cm³/mol. The zero-order valence-electron chi connectivity index (χ0n) is 15.3. The van der Waals surface area contributed by atoms with Crippen LogP contribution in [0.25, 0.3) is 0 Å². The van der Waals surface area contributed by atoms with Gasteiger partial charge in [0.1, 0.15) is 0 Å². The van der Waals surface area contributed by atoms with Crippen LogP contribution in [0.5, 0.6) is 0 Å². The largest absolute Gasteiger partial charge is 0.336 e. The number of amides is 2. The molecule has 1 fully saturated rings. The zero-order valence-corrected chi connectivity index (χ0v) is 17.0. The van der Waals surface area contributed by atoms with Gasteiger partial charge in [0.15, 0.2) is 0 Å². The van der Waals surface area contributed by atoms with Crippen molar-refractivity contribution >= 4 is 28.7 Å². The Labute approximate surface area is 163 Å². The Bertz CT molecular complexity index is 719. The summed E-state index contributed by atoms with van der Waals surface area (Å²) in [5.74, 6) is 0.818. The molecule has 2 aliphatic heterocycles. The number of carbonyl (C=O) groups is 1. The summed E-state index contributed by atoms with van der Waals surface area (Å²) in [6.07, 6.45) is 3.49. The number of nitrogens with one attached hydrogen (secondary N) is 1. The van der Waals surface area contributed by atoms with Gasteiger partial charge in [0.05, 0.1) is 6.04 Å². The highest BCUT2D eigenvalue weighted by atomic mass is 32.1. The summed E-state index contributed by atoms with van der Waals surface area (Å²) in [6.45, 7) is 6.86. The van der Waals surface area contributed by atoms with E-state index in [1.807, 2.05) is 16.2 Å². The van der Waals surface area contributed by atoms with E-state index in [1.54, 1.807) is 11.3 Å². The van der Waals surface area contributed by atoms with E-state index in [-0.39, 0.29) is 6.03 Å². The summed E-state index contributed by atoms with van der Waals surface area (Å²) in [4.78, 5) is 20.1. The van der Waals surface area contributed by atoms with Gasteiger partial charge >= 0.3 is 6.03 Å². The minimum atomic E-state index is 0.0776. The summed E-state index contributed by atoms with van der Waals surface area (Å²) < 4.78 is 0. The smallest absolute Gasteiger partial charge is 0.317 e. The molecule has 26 heavy (non-hydrogen) atoms. The molecule has 0 aromatic carbocycles. The maximum atomic E-state index is 12.7. The highest BCUT2D eigenvalue weighted by Gasteiger charge is 2.27. The summed E-state index contributed by atoms with van der Waals surface area (Å²) in [7, 11) is 0. The number of urea groups is 1. The number of carbonyl (C=O) groups excluding carboxylic acids is 1. The van der Waals surface area contributed by atoms with Crippen molar-refractivity contribution in [2.45, 2.75) is 38.8 Å². The van der Waals surface area contributed by atoms with Crippen LogP contribution in [0.3, 0.4) is 0 Å². The van der Waals surface area contributed by atoms with Crippen LogP contribution in [0, 0.1) is 5.92 Å². The monoisotopic (exact) mass is 389 g/mol. The molecule has 2 aliphatic rings. The van der Waals surface area contributed by atoms with Crippen molar-refractivity contribution in [1.29, 1.82) is 0 Å². The number of rotatable bonds is 4. The van der Waals surface area contributed by atoms with Crippen molar-refractivity contribution in [2.75, 3.05) is 26.2 Å². The minimum Gasteiger partial charge on any atom is -0.336 e. The Morgan fingerprint density at radius 1 is 1.23 bits per heavy atom. The Morgan fingerprint density at radius 3 is 2.85 bits per heavy atom. The lowest BCUT2D eigenvalue weighted by atomic mass is 9.97. The predicted octanol–water partition coefficient (Wildman–Crippen LogP) is 4.35. The van der Waals surface area contributed by atoms with Gasteiger partial charge in [-0.05, 0) is 66.7 Å². The standard InChI is InChI=1S/C20H27N3OS2/c1-15-4-8-22(9-5-15)17(19-3-2-11-25-19)13-21-20(24)23-10-6-18-16(14-23)7-12-26-18/h2-3,7,11-12,15,17H,4-6,8-10,13-14H2,1H3,(H,21,24). The molecule has 0 saturated carbocycles. The van der Waals surface area contributed by atoms with Crippen molar-refractivity contribution in [1.82, 2.24) is 15.1 Å². The van der Waals surface area contributed by atoms with Crippen LogP contribution in [0.4, 0.5) is 4.79 Å². The molecule has 4 heterocycles. The van der Waals surface area contributed by atoms with Gasteiger partial charge in [-0.15, -0.1) is 22.7 Å². The van der Waals surface area contributed by atoms with Crippen molar-refractivity contribution in [3.8, 4) is 0 Å². The molecule has 0 spiro atoms. The molecular weight excluding hydrogens is 362 g/mol. The molecule has 4 nitrogen and oxygen atoms in total. The van der Waals surface area contributed by atoms with Crippen LogP contribution in [-0.4, -0.2) is 42.0 Å². The van der Waals surface area contributed by atoms with E-state index in [0.717, 1.165) is 38.5 Å². The van der Waals surface area contributed by atoms with Crippen molar-refractivity contribution in [3.63, 3.8) is 0 Å². The Hall–Kier alpha value is -1.37. The first kappa shape index (κ1) is 18.0. The molecule has 0 bridgehead atoms. The van der Waals surface area contributed by atoms with Gasteiger partial charge < -0.3 is 10.2 Å². The van der Waals surface area contributed by atoms with E-state index in [0.29, 0.717) is 12.6 Å². The van der Waals surface area contributed by atoms with Gasteiger partial charge in [-0.2, -0.15) is 0 Å². The number of piperidine rings is 1. The van der Waals surface area contributed by atoms with E-state index < -0.39 is 0 Å². The molecular formula is C20H27N3OS2. The molecule has 2 aromatic heterocycles. The normalized spacial score (nSPS) is 20.0. The van der Waals surface area contributed by atoms with Crippen LogP contribution in [-0.2, 0) is 13.0 Å². The average Bonchev–Trinajstić information content (AvgIpc) is 3.34. The number of thiophene rings is 2. The summed E-state index contributed by atoms with van der Waals surface area (Å²) >= 11 is 3.61. The quantitative estimate of drug-likeness (QED) is 0.844. The van der Waals surface area contributed by atoms with Crippen molar-refractivity contribution in [2.24, 2.45) is 5.92 Å². The van der Waals surface area contributed by atoms with Gasteiger partial charge in [0.25, 0.3) is 0 Å². The van der Waals surface area contributed by atoms with E-state index in [2.05, 4.69) is 46.1 Å². The van der Waals surface area contributed by atoms with Gasteiger partial charge in [0, 0.05) is 29.4 Å². The Balaban J connectivity index is 1.38. The van der Waals surface area contributed by atoms with E-state index in [4.69, 9.17) is 0 Å². The first-order valence-electron chi connectivity index (χ1n) is 9.56. The zero-order chi connectivity index (χ0) is 17.9. The number of likely N-dealkylation sites (tertiary alicyclic amines) is 1. The first-order valence-corrected chi connectivity index (χ1v) is 11.3. The lowest BCUT2D eigenvalue weighted by Gasteiger charge is -2.37. The molecule has 0 aliphatic carbocycles. The molecule has 2 aromatic rings. The molecule has 1 atom stereocenters. The topological polar surface area (TPSA) is 35.6 Å². The fourth-order valence-corrected chi connectivity index (χ4v) is 5.70. The highest BCUT2D eigenvalue weighted by Crippen LogP contribution is 2.29. The summed E-state index contributed by atoms with van der Waals surface area (Å²) in [6, 6.07) is 6.85. The van der Waals surface area contributed by atoms with Crippen LogP contribution in [0.15, 0.2) is 29.0 Å². The fourth-order valence-electron chi connectivity index (χ4n) is 3.95. The molecule has 2 amide bonds.